The molecule has 0 amide bonds. The third kappa shape index (κ3) is 14.1. The first-order valence-electron chi connectivity index (χ1n) is 19.9. The maximum atomic E-state index is 2.45. The monoisotopic (exact) mass is 696 g/mol. The molecule has 3 rings (SSSR count). The molecule has 0 atom stereocenters. The van der Waals surface area contributed by atoms with Crippen LogP contribution in [-0.2, 0) is 23.7 Å². The predicted octanol–water partition coefficient (Wildman–Crippen LogP) is 16.7. The van der Waals surface area contributed by atoms with Gasteiger partial charge in [-0.25, -0.2) is 0 Å². The molecule has 0 fully saturated rings. The van der Waals surface area contributed by atoms with Crippen molar-refractivity contribution in [3.8, 4) is 19.5 Å². The quantitative estimate of drug-likeness (QED) is 0.0818. The lowest BCUT2D eigenvalue weighted by Gasteiger charge is -2.15. The van der Waals surface area contributed by atoms with Gasteiger partial charge in [0.05, 0.1) is 0 Å². The molecule has 3 heterocycles. The van der Waals surface area contributed by atoms with Crippen LogP contribution in [0.15, 0.2) is 24.3 Å². The maximum Gasteiger partial charge on any atom is 0.0484 e. The molecule has 0 N–H and O–H groups in total. The minimum atomic E-state index is 0.202. The van der Waals surface area contributed by atoms with Gasteiger partial charge in [-0.15, -0.1) is 34.0 Å². The topological polar surface area (TPSA) is 0 Å². The third-order valence-electron chi connectivity index (χ3n) is 9.82. The SMILES string of the molecule is CCCCCCCCCCCCc1c(-c2ccc(C(C)(C)C)s2)sc(-c2ccc(C(C)(C)C)s2)c1CCCCCCCCCCCC. The average Bonchev–Trinajstić information content (AvgIpc) is 3.78. The standard InChI is InChI=1S/C44H72S3/c1-9-11-13-15-17-19-21-23-25-27-29-35-36(30-28-26-24-22-20-18-16-14-12-10-2)42(38-32-34-40(46-38)44(6,7)8)47-41(35)37-31-33-39(45-37)43(3,4)5/h31-34H,9-30H2,1-8H3. The summed E-state index contributed by atoms with van der Waals surface area (Å²) in [5, 5.41) is 0. The first kappa shape index (κ1) is 40.5. The first-order valence-corrected chi connectivity index (χ1v) is 22.4. The highest BCUT2D eigenvalue weighted by molar-refractivity contribution is 7.26. The fourth-order valence-electron chi connectivity index (χ4n) is 6.73. The molecule has 0 saturated heterocycles. The summed E-state index contributed by atoms with van der Waals surface area (Å²) in [6, 6.07) is 9.72. The largest absolute Gasteiger partial charge is 0.139 e. The van der Waals surface area contributed by atoms with Crippen molar-refractivity contribution in [2.45, 2.75) is 207 Å². The van der Waals surface area contributed by atoms with E-state index >= 15 is 0 Å². The molecule has 3 aromatic rings. The maximum absolute atomic E-state index is 2.45. The van der Waals surface area contributed by atoms with E-state index in [2.05, 4.69) is 114 Å². The molecule has 0 aliphatic heterocycles. The minimum Gasteiger partial charge on any atom is -0.139 e. The average molecular weight is 697 g/mol. The van der Waals surface area contributed by atoms with Crippen molar-refractivity contribution in [3.05, 3.63) is 45.1 Å². The predicted molar refractivity (Wildman–Crippen MR) is 219 cm³/mol. The van der Waals surface area contributed by atoms with Gasteiger partial charge in [-0.3, -0.25) is 0 Å². The summed E-state index contributed by atoms with van der Waals surface area (Å²) in [7, 11) is 0. The molecule has 0 aliphatic carbocycles. The number of rotatable bonds is 24. The summed E-state index contributed by atoms with van der Waals surface area (Å²) in [5.41, 5.74) is 3.81. The molecule has 3 heteroatoms. The van der Waals surface area contributed by atoms with Gasteiger partial charge in [0.2, 0.25) is 0 Å². The zero-order valence-corrected chi connectivity index (χ0v) is 34.5. The van der Waals surface area contributed by atoms with Crippen LogP contribution in [0.3, 0.4) is 0 Å². The summed E-state index contributed by atoms with van der Waals surface area (Å²) in [4.78, 5) is 9.20. The fraction of sp³-hybridized carbons (Fsp3) is 0.727. The third-order valence-corrected chi connectivity index (χ3v) is 14.5. The van der Waals surface area contributed by atoms with Crippen molar-refractivity contribution >= 4 is 34.0 Å². The van der Waals surface area contributed by atoms with Crippen LogP contribution in [0.25, 0.3) is 19.5 Å². The van der Waals surface area contributed by atoms with Crippen LogP contribution in [0.1, 0.15) is 205 Å². The summed E-state index contributed by atoms with van der Waals surface area (Å²) >= 11 is 6.22. The Morgan fingerprint density at radius 3 is 0.957 bits per heavy atom. The first-order chi connectivity index (χ1) is 22.6. The molecule has 47 heavy (non-hydrogen) atoms. The lowest BCUT2D eigenvalue weighted by Crippen LogP contribution is -2.07. The van der Waals surface area contributed by atoms with E-state index in [0.29, 0.717) is 0 Å². The highest BCUT2D eigenvalue weighted by Gasteiger charge is 2.25. The fourth-order valence-corrected chi connectivity index (χ4v) is 10.5. The Hall–Kier alpha value is -0.900. The van der Waals surface area contributed by atoms with E-state index in [9.17, 15) is 0 Å². The lowest BCUT2D eigenvalue weighted by molar-refractivity contribution is 0.553. The normalized spacial score (nSPS) is 12.4. The Labute approximate surface area is 304 Å². The van der Waals surface area contributed by atoms with Crippen molar-refractivity contribution in [1.82, 2.24) is 0 Å². The molecule has 3 aromatic heterocycles. The molecule has 0 unspecified atom stereocenters. The van der Waals surface area contributed by atoms with Gasteiger partial charge in [0.15, 0.2) is 0 Å². The van der Waals surface area contributed by atoms with E-state index in [4.69, 9.17) is 0 Å². The van der Waals surface area contributed by atoms with Gasteiger partial charge < -0.3 is 0 Å². The van der Waals surface area contributed by atoms with Gasteiger partial charge >= 0.3 is 0 Å². The van der Waals surface area contributed by atoms with Gasteiger partial charge in [0, 0.05) is 29.3 Å². The number of hydrogen-bond acceptors (Lipinski definition) is 3. The molecule has 0 nitrogen and oxygen atoms in total. The van der Waals surface area contributed by atoms with Crippen LogP contribution in [0.5, 0.6) is 0 Å². The van der Waals surface area contributed by atoms with Gasteiger partial charge in [0.25, 0.3) is 0 Å². The Kier molecular flexibility index (Phi) is 18.4. The van der Waals surface area contributed by atoms with Crippen molar-refractivity contribution in [2.24, 2.45) is 0 Å². The second-order valence-electron chi connectivity index (χ2n) is 16.4. The van der Waals surface area contributed by atoms with Crippen LogP contribution >= 0.6 is 34.0 Å². The molecular formula is C44H72S3. The molecule has 266 valence electrons. The second-order valence-corrected chi connectivity index (χ2v) is 19.6. The molecular weight excluding hydrogens is 625 g/mol. The van der Waals surface area contributed by atoms with Crippen LogP contribution in [-0.4, -0.2) is 0 Å². The molecule has 0 bridgehead atoms. The highest BCUT2D eigenvalue weighted by atomic mass is 32.1. The van der Waals surface area contributed by atoms with E-state index < -0.39 is 0 Å². The van der Waals surface area contributed by atoms with Crippen molar-refractivity contribution < 1.29 is 0 Å². The number of hydrogen-bond donors (Lipinski definition) is 0. The zero-order chi connectivity index (χ0) is 34.1. The summed E-state index contributed by atoms with van der Waals surface area (Å²) in [5.74, 6) is 0. The van der Waals surface area contributed by atoms with Crippen LogP contribution in [0.2, 0.25) is 0 Å². The molecule has 0 saturated carbocycles. The summed E-state index contributed by atoms with van der Waals surface area (Å²) in [6.45, 7) is 18.8. The number of thiophene rings is 3. The minimum absolute atomic E-state index is 0.202. The highest BCUT2D eigenvalue weighted by Crippen LogP contribution is 2.49. The van der Waals surface area contributed by atoms with Gasteiger partial charge in [0.1, 0.15) is 0 Å². The Balaban J connectivity index is 1.78. The Bertz CT molecular complexity index is 1140. The van der Waals surface area contributed by atoms with E-state index in [1.807, 2.05) is 0 Å². The van der Waals surface area contributed by atoms with Crippen molar-refractivity contribution in [3.63, 3.8) is 0 Å². The molecule has 0 radical (unpaired) electrons. The van der Waals surface area contributed by atoms with E-state index in [0.717, 1.165) is 0 Å². The van der Waals surface area contributed by atoms with Crippen LogP contribution < -0.4 is 0 Å². The summed E-state index contributed by atoms with van der Waals surface area (Å²) < 4.78 is 0. The van der Waals surface area contributed by atoms with E-state index in [1.165, 1.54) is 161 Å². The smallest absolute Gasteiger partial charge is 0.0484 e. The Morgan fingerprint density at radius 1 is 0.383 bits per heavy atom. The molecule has 0 aromatic carbocycles. The van der Waals surface area contributed by atoms with Gasteiger partial charge in [-0.1, -0.05) is 171 Å². The van der Waals surface area contributed by atoms with Crippen molar-refractivity contribution in [2.75, 3.05) is 0 Å². The van der Waals surface area contributed by atoms with Crippen molar-refractivity contribution in [1.29, 1.82) is 0 Å². The van der Waals surface area contributed by atoms with Crippen LogP contribution in [0, 0.1) is 0 Å². The van der Waals surface area contributed by atoms with Crippen LogP contribution in [0.4, 0.5) is 0 Å². The number of unbranched alkanes of at least 4 members (excludes halogenated alkanes) is 18. The molecule has 0 aliphatic rings. The lowest BCUT2D eigenvalue weighted by atomic mass is 9.94. The van der Waals surface area contributed by atoms with E-state index in [-0.39, 0.29) is 10.8 Å². The summed E-state index contributed by atoms with van der Waals surface area (Å²) in [6.07, 6.45) is 30.6. The molecule has 0 spiro atoms. The van der Waals surface area contributed by atoms with E-state index in [1.54, 1.807) is 20.9 Å². The van der Waals surface area contributed by atoms with Gasteiger partial charge in [-0.05, 0) is 71.9 Å². The zero-order valence-electron chi connectivity index (χ0n) is 32.1. The Morgan fingerprint density at radius 2 is 0.681 bits per heavy atom. The van der Waals surface area contributed by atoms with Gasteiger partial charge in [-0.2, -0.15) is 0 Å². The second kappa shape index (κ2) is 21.3.